The van der Waals surface area contributed by atoms with E-state index in [4.69, 9.17) is 15.2 Å². The summed E-state index contributed by atoms with van der Waals surface area (Å²) >= 11 is 0. The highest BCUT2D eigenvalue weighted by Crippen LogP contribution is 2.22. The topological polar surface area (TPSA) is 149 Å². The van der Waals surface area contributed by atoms with E-state index in [0.717, 1.165) is 41.4 Å². The third-order valence-corrected chi connectivity index (χ3v) is 5.53. The Kier molecular flexibility index (Phi) is 9.16. The summed E-state index contributed by atoms with van der Waals surface area (Å²) in [6.45, 7) is 3.82. The quantitative estimate of drug-likeness (QED) is 0.334. The number of aryl methyl sites for hydroxylation is 2. The van der Waals surface area contributed by atoms with Crippen molar-refractivity contribution in [1.29, 1.82) is 0 Å². The number of hydrogen-bond donors (Lipinski definition) is 3. The molecular formula is C25H31N5O5. The highest BCUT2D eigenvalue weighted by atomic mass is 16.5. The van der Waals surface area contributed by atoms with Crippen LogP contribution in [0.5, 0.6) is 0 Å². The molecule has 0 aliphatic rings. The summed E-state index contributed by atoms with van der Waals surface area (Å²) in [5.74, 6) is -0.953. The predicted octanol–water partition coefficient (Wildman–Crippen LogP) is 2.72. The number of nitrogens with two attached hydrogens (primary N) is 1. The number of H-pyrrole nitrogens is 1. The van der Waals surface area contributed by atoms with E-state index in [1.165, 1.54) is 6.33 Å². The zero-order valence-electron chi connectivity index (χ0n) is 20.0. The van der Waals surface area contributed by atoms with Crippen LogP contribution in [0.2, 0.25) is 0 Å². The molecular weight excluding hydrogens is 450 g/mol. The highest BCUT2D eigenvalue weighted by Gasteiger charge is 2.24. The van der Waals surface area contributed by atoms with Crippen LogP contribution in [-0.4, -0.2) is 52.1 Å². The molecule has 2 aromatic heterocycles. The standard InChI is InChI=1S/C25H31N5O5/c1-3-34-20(31)13-12-19(25(33)35-4-2)30-24(32)17-10-8-16(9-11-17)6-5-7-18-14-27-23-21(18)22(26)28-15-29-23/h8-11,14-15,19H,3-7,12-13H2,1-2H3,(H,30,32)(H3,26,27,28,29)/t19-/m1/s1. The Bertz CT molecular complexity index is 1160. The van der Waals surface area contributed by atoms with E-state index in [2.05, 4.69) is 20.3 Å². The number of benzene rings is 1. The van der Waals surface area contributed by atoms with Crippen molar-refractivity contribution in [2.45, 2.75) is 52.0 Å². The Labute approximate surface area is 203 Å². The van der Waals surface area contributed by atoms with Crippen molar-refractivity contribution < 1.29 is 23.9 Å². The van der Waals surface area contributed by atoms with E-state index in [1.54, 1.807) is 26.0 Å². The largest absolute Gasteiger partial charge is 0.466 e. The Balaban J connectivity index is 1.55. The van der Waals surface area contributed by atoms with Crippen LogP contribution in [0.3, 0.4) is 0 Å². The lowest BCUT2D eigenvalue weighted by Crippen LogP contribution is -2.42. The third kappa shape index (κ3) is 7.02. The average molecular weight is 482 g/mol. The van der Waals surface area contributed by atoms with E-state index < -0.39 is 23.9 Å². The average Bonchev–Trinajstić information content (AvgIpc) is 3.26. The van der Waals surface area contributed by atoms with Gasteiger partial charge in [-0.25, -0.2) is 14.8 Å². The maximum Gasteiger partial charge on any atom is 0.328 e. The van der Waals surface area contributed by atoms with Crippen LogP contribution < -0.4 is 11.1 Å². The van der Waals surface area contributed by atoms with Gasteiger partial charge in [0.1, 0.15) is 23.8 Å². The van der Waals surface area contributed by atoms with Crippen LogP contribution in [0.15, 0.2) is 36.8 Å². The molecule has 0 radical (unpaired) electrons. The molecule has 0 bridgehead atoms. The molecule has 0 aliphatic heterocycles. The Morgan fingerprint density at radius 2 is 1.80 bits per heavy atom. The van der Waals surface area contributed by atoms with E-state index in [-0.39, 0.29) is 26.1 Å². The number of anilines is 1. The highest BCUT2D eigenvalue weighted by molar-refractivity contribution is 5.97. The fourth-order valence-corrected chi connectivity index (χ4v) is 3.78. The number of aromatic nitrogens is 3. The number of nitrogens with one attached hydrogen (secondary N) is 2. The van der Waals surface area contributed by atoms with Gasteiger partial charge in [0, 0.05) is 18.2 Å². The van der Waals surface area contributed by atoms with Crippen LogP contribution in [0, 0.1) is 0 Å². The van der Waals surface area contributed by atoms with Gasteiger partial charge >= 0.3 is 11.9 Å². The van der Waals surface area contributed by atoms with Crippen LogP contribution in [0.25, 0.3) is 11.0 Å². The number of carbonyl (C=O) groups is 3. The molecule has 0 saturated heterocycles. The Hall–Kier alpha value is -3.95. The minimum absolute atomic E-state index is 0.00470. The summed E-state index contributed by atoms with van der Waals surface area (Å²) < 4.78 is 9.94. The predicted molar refractivity (Wildman–Crippen MR) is 131 cm³/mol. The van der Waals surface area contributed by atoms with Gasteiger partial charge in [-0.15, -0.1) is 0 Å². The first-order chi connectivity index (χ1) is 16.9. The second kappa shape index (κ2) is 12.5. The van der Waals surface area contributed by atoms with Gasteiger partial charge in [-0.1, -0.05) is 12.1 Å². The minimum atomic E-state index is -0.931. The normalized spacial score (nSPS) is 11.7. The first-order valence-electron chi connectivity index (χ1n) is 11.7. The van der Waals surface area contributed by atoms with E-state index in [1.807, 2.05) is 18.3 Å². The SMILES string of the molecule is CCOC(=O)CC[C@@H](NC(=O)c1ccc(CCCc2c[nH]c3ncnc(N)c23)cc1)C(=O)OCC. The number of rotatable bonds is 12. The van der Waals surface area contributed by atoms with Crippen molar-refractivity contribution in [2.24, 2.45) is 0 Å². The van der Waals surface area contributed by atoms with Gasteiger partial charge < -0.3 is 25.5 Å². The van der Waals surface area contributed by atoms with Gasteiger partial charge in [-0.05, 0) is 62.8 Å². The molecule has 186 valence electrons. The number of fused-ring (bicyclic) bond motifs is 1. The smallest absolute Gasteiger partial charge is 0.328 e. The maximum absolute atomic E-state index is 12.7. The van der Waals surface area contributed by atoms with Crippen molar-refractivity contribution in [3.05, 3.63) is 53.5 Å². The van der Waals surface area contributed by atoms with Crippen molar-refractivity contribution in [2.75, 3.05) is 18.9 Å². The van der Waals surface area contributed by atoms with Gasteiger partial charge in [-0.3, -0.25) is 9.59 Å². The summed E-state index contributed by atoms with van der Waals surface area (Å²) in [5.41, 5.74) is 9.28. The first kappa shape index (κ1) is 25.7. The molecule has 1 amide bonds. The van der Waals surface area contributed by atoms with Crippen LogP contribution in [0.1, 0.15) is 54.6 Å². The molecule has 0 spiro atoms. The van der Waals surface area contributed by atoms with Crippen molar-refractivity contribution in [1.82, 2.24) is 20.3 Å². The number of nitrogens with zero attached hydrogens (tertiary/aromatic N) is 2. The number of esters is 2. The van der Waals surface area contributed by atoms with Gasteiger partial charge in [0.15, 0.2) is 0 Å². The monoisotopic (exact) mass is 481 g/mol. The van der Waals surface area contributed by atoms with Gasteiger partial charge in [0.25, 0.3) is 5.91 Å². The fourth-order valence-electron chi connectivity index (χ4n) is 3.78. The van der Waals surface area contributed by atoms with Gasteiger partial charge in [-0.2, -0.15) is 0 Å². The summed E-state index contributed by atoms with van der Waals surface area (Å²) in [6.07, 6.45) is 5.95. The Morgan fingerprint density at radius 3 is 2.51 bits per heavy atom. The molecule has 3 rings (SSSR count). The molecule has 35 heavy (non-hydrogen) atoms. The molecule has 0 fully saturated rings. The summed E-state index contributed by atoms with van der Waals surface area (Å²) in [6, 6.07) is 6.28. The lowest BCUT2D eigenvalue weighted by molar-refractivity contribution is -0.146. The number of ether oxygens (including phenoxy) is 2. The number of aromatic amines is 1. The third-order valence-electron chi connectivity index (χ3n) is 5.53. The van der Waals surface area contributed by atoms with Crippen LogP contribution in [0.4, 0.5) is 5.82 Å². The zero-order chi connectivity index (χ0) is 25.2. The molecule has 1 aromatic carbocycles. The molecule has 4 N–H and O–H groups in total. The molecule has 1 atom stereocenters. The number of nitrogen functional groups attached to an aromatic ring is 1. The number of hydrogen-bond acceptors (Lipinski definition) is 8. The lowest BCUT2D eigenvalue weighted by atomic mass is 10.0. The fraction of sp³-hybridized carbons (Fsp3) is 0.400. The second-order valence-corrected chi connectivity index (χ2v) is 7.97. The molecule has 10 heteroatoms. The van der Waals surface area contributed by atoms with Crippen molar-refractivity contribution in [3.8, 4) is 0 Å². The van der Waals surface area contributed by atoms with Crippen LogP contribution in [-0.2, 0) is 31.9 Å². The molecule has 0 aliphatic carbocycles. The maximum atomic E-state index is 12.7. The first-order valence-corrected chi connectivity index (χ1v) is 11.7. The molecule has 10 nitrogen and oxygen atoms in total. The molecule has 3 aromatic rings. The molecule has 2 heterocycles. The molecule has 0 saturated carbocycles. The van der Waals surface area contributed by atoms with Crippen molar-refractivity contribution >= 4 is 34.7 Å². The zero-order valence-corrected chi connectivity index (χ0v) is 20.0. The molecule has 0 unspecified atom stereocenters. The number of carbonyl (C=O) groups excluding carboxylic acids is 3. The van der Waals surface area contributed by atoms with Gasteiger partial charge in [0.05, 0.1) is 18.6 Å². The van der Waals surface area contributed by atoms with Crippen LogP contribution >= 0.6 is 0 Å². The summed E-state index contributed by atoms with van der Waals surface area (Å²) in [5, 5.41) is 3.53. The van der Waals surface area contributed by atoms with E-state index in [0.29, 0.717) is 11.4 Å². The van der Waals surface area contributed by atoms with Crippen molar-refractivity contribution in [3.63, 3.8) is 0 Å². The van der Waals surface area contributed by atoms with Gasteiger partial charge in [0.2, 0.25) is 0 Å². The van der Waals surface area contributed by atoms with E-state index in [9.17, 15) is 14.4 Å². The van der Waals surface area contributed by atoms with E-state index >= 15 is 0 Å². The minimum Gasteiger partial charge on any atom is -0.466 e. The Morgan fingerprint density at radius 1 is 1.06 bits per heavy atom. The second-order valence-electron chi connectivity index (χ2n) is 7.97. The summed E-state index contributed by atoms with van der Waals surface area (Å²) in [7, 11) is 0. The summed E-state index contributed by atoms with van der Waals surface area (Å²) in [4.78, 5) is 48.0. The number of amides is 1. The lowest BCUT2D eigenvalue weighted by Gasteiger charge is -2.17.